The molecule has 3 aromatic rings. The van der Waals surface area contributed by atoms with Gasteiger partial charge in [0.2, 0.25) is 11.7 Å². The van der Waals surface area contributed by atoms with Crippen LogP contribution >= 0.6 is 0 Å². The summed E-state index contributed by atoms with van der Waals surface area (Å²) < 4.78 is 13.2. The van der Waals surface area contributed by atoms with Crippen molar-refractivity contribution in [2.45, 2.75) is 26.1 Å². The summed E-state index contributed by atoms with van der Waals surface area (Å²) in [6.07, 6.45) is 5.71. The van der Waals surface area contributed by atoms with Gasteiger partial charge in [-0.1, -0.05) is 11.2 Å². The van der Waals surface area contributed by atoms with Gasteiger partial charge in [-0.05, 0) is 24.6 Å². The smallest absolute Gasteiger partial charge is 0.241 e. The maximum absolute atomic E-state index is 5.85. The molecule has 0 saturated carbocycles. The lowest BCUT2D eigenvalue weighted by Crippen LogP contribution is -2.43. The number of ether oxygens (including phenoxy) is 1. The number of morpholine rings is 1. The summed E-state index contributed by atoms with van der Waals surface area (Å²) in [5.74, 6) is 1.11. The number of aryl methyl sites for hydroxylation is 1. The third-order valence-corrected chi connectivity index (χ3v) is 4.10. The zero-order valence-electron chi connectivity index (χ0n) is 14.1. The van der Waals surface area contributed by atoms with E-state index < -0.39 is 0 Å². The van der Waals surface area contributed by atoms with Crippen LogP contribution < -0.4 is 0 Å². The molecule has 8 nitrogen and oxygen atoms in total. The van der Waals surface area contributed by atoms with Crippen LogP contribution in [0.1, 0.15) is 11.5 Å². The van der Waals surface area contributed by atoms with E-state index in [1.54, 1.807) is 6.20 Å². The summed E-state index contributed by atoms with van der Waals surface area (Å²) in [6, 6.07) is 5.63. The summed E-state index contributed by atoms with van der Waals surface area (Å²) in [5, 5.41) is 8.35. The van der Waals surface area contributed by atoms with Gasteiger partial charge in [0.25, 0.3) is 0 Å². The Hall–Kier alpha value is -2.58. The summed E-state index contributed by atoms with van der Waals surface area (Å²) in [5.41, 5.74) is 1.87. The van der Waals surface area contributed by atoms with Gasteiger partial charge in [-0.15, -0.1) is 0 Å². The standard InChI is InChI=1S/C17H20N6O2/c1-13-8-19-23(9-13)11-14-10-22(6-7-24-14)12-16-20-17(21-25-16)15-4-2-3-5-18-15/h2-5,8-9,14H,6-7,10-12H2,1H3. The fraction of sp³-hybridized carbons (Fsp3) is 0.412. The fourth-order valence-corrected chi connectivity index (χ4v) is 2.92. The predicted molar refractivity (Wildman–Crippen MR) is 89.5 cm³/mol. The van der Waals surface area contributed by atoms with E-state index in [0.717, 1.165) is 25.2 Å². The van der Waals surface area contributed by atoms with Gasteiger partial charge in [-0.25, -0.2) is 0 Å². The van der Waals surface area contributed by atoms with Crippen molar-refractivity contribution in [1.82, 2.24) is 29.8 Å². The molecule has 4 rings (SSSR count). The van der Waals surface area contributed by atoms with Crippen LogP contribution in [0.25, 0.3) is 11.5 Å². The highest BCUT2D eigenvalue weighted by atomic mass is 16.5. The van der Waals surface area contributed by atoms with Crippen molar-refractivity contribution in [2.75, 3.05) is 19.7 Å². The van der Waals surface area contributed by atoms with Crippen molar-refractivity contribution in [1.29, 1.82) is 0 Å². The van der Waals surface area contributed by atoms with E-state index in [1.165, 1.54) is 0 Å². The first-order valence-corrected chi connectivity index (χ1v) is 8.33. The molecule has 3 aromatic heterocycles. The summed E-state index contributed by atoms with van der Waals surface area (Å²) in [4.78, 5) is 11.0. The molecule has 1 unspecified atom stereocenters. The highest BCUT2D eigenvalue weighted by Crippen LogP contribution is 2.15. The normalized spacial score (nSPS) is 18.5. The lowest BCUT2D eigenvalue weighted by molar-refractivity contribution is -0.0426. The minimum absolute atomic E-state index is 0.103. The minimum atomic E-state index is 0.103. The molecule has 0 aromatic carbocycles. The van der Waals surface area contributed by atoms with Crippen LogP contribution in [0, 0.1) is 6.92 Å². The Morgan fingerprint density at radius 3 is 3.08 bits per heavy atom. The van der Waals surface area contributed by atoms with Crippen molar-refractivity contribution in [3.05, 3.63) is 48.2 Å². The van der Waals surface area contributed by atoms with Crippen LogP contribution in [0.4, 0.5) is 0 Å². The maximum atomic E-state index is 5.85. The molecule has 25 heavy (non-hydrogen) atoms. The molecule has 4 heterocycles. The first-order chi connectivity index (χ1) is 12.3. The third kappa shape index (κ3) is 3.92. The van der Waals surface area contributed by atoms with Gasteiger partial charge in [-0.3, -0.25) is 14.6 Å². The topological polar surface area (TPSA) is 82.1 Å². The molecule has 0 spiro atoms. The average molecular weight is 340 g/mol. The number of nitrogens with zero attached hydrogens (tertiary/aromatic N) is 6. The first-order valence-electron chi connectivity index (χ1n) is 8.33. The maximum Gasteiger partial charge on any atom is 0.241 e. The second-order valence-electron chi connectivity index (χ2n) is 6.19. The van der Waals surface area contributed by atoms with E-state index in [4.69, 9.17) is 9.26 Å². The minimum Gasteiger partial charge on any atom is -0.374 e. The van der Waals surface area contributed by atoms with Crippen LogP contribution in [-0.2, 0) is 17.8 Å². The van der Waals surface area contributed by atoms with E-state index in [0.29, 0.717) is 30.6 Å². The lowest BCUT2D eigenvalue weighted by Gasteiger charge is -2.31. The Morgan fingerprint density at radius 1 is 1.32 bits per heavy atom. The quantitative estimate of drug-likeness (QED) is 0.697. The molecule has 1 aliphatic heterocycles. The molecule has 1 fully saturated rings. The number of hydrogen-bond donors (Lipinski definition) is 0. The Balaban J connectivity index is 1.37. The lowest BCUT2D eigenvalue weighted by atomic mass is 10.2. The van der Waals surface area contributed by atoms with Gasteiger partial charge in [-0.2, -0.15) is 10.1 Å². The zero-order chi connectivity index (χ0) is 17.1. The SMILES string of the molecule is Cc1cnn(CC2CN(Cc3nc(-c4ccccn4)no3)CCO2)c1. The Morgan fingerprint density at radius 2 is 2.28 bits per heavy atom. The monoisotopic (exact) mass is 340 g/mol. The fourth-order valence-electron chi connectivity index (χ4n) is 2.92. The molecule has 1 atom stereocenters. The molecule has 1 saturated heterocycles. The van der Waals surface area contributed by atoms with Crippen LogP contribution in [0.3, 0.4) is 0 Å². The predicted octanol–water partition coefficient (Wildman–Crippen LogP) is 1.54. The number of rotatable bonds is 5. The molecule has 0 amide bonds. The van der Waals surface area contributed by atoms with Crippen LogP contribution in [0.2, 0.25) is 0 Å². The summed E-state index contributed by atoms with van der Waals surface area (Å²) in [6.45, 7) is 5.72. The first kappa shape index (κ1) is 15.9. The van der Waals surface area contributed by atoms with Crippen molar-refractivity contribution in [3.8, 4) is 11.5 Å². The molecule has 130 valence electrons. The van der Waals surface area contributed by atoms with E-state index in [9.17, 15) is 0 Å². The largest absolute Gasteiger partial charge is 0.374 e. The van der Waals surface area contributed by atoms with Crippen molar-refractivity contribution >= 4 is 0 Å². The third-order valence-electron chi connectivity index (χ3n) is 4.10. The number of pyridine rings is 1. The van der Waals surface area contributed by atoms with Gasteiger partial charge in [0.15, 0.2) is 0 Å². The zero-order valence-corrected chi connectivity index (χ0v) is 14.1. The van der Waals surface area contributed by atoms with Crippen molar-refractivity contribution in [3.63, 3.8) is 0 Å². The molecular weight excluding hydrogens is 320 g/mol. The van der Waals surface area contributed by atoms with Gasteiger partial charge in [0.05, 0.1) is 32.0 Å². The summed E-state index contributed by atoms with van der Waals surface area (Å²) in [7, 11) is 0. The summed E-state index contributed by atoms with van der Waals surface area (Å²) >= 11 is 0. The van der Waals surface area contributed by atoms with Gasteiger partial charge in [0, 0.05) is 25.5 Å². The highest BCUT2D eigenvalue weighted by molar-refractivity contribution is 5.46. The van der Waals surface area contributed by atoms with E-state index >= 15 is 0 Å². The van der Waals surface area contributed by atoms with Crippen LogP contribution in [-0.4, -0.2) is 55.6 Å². The van der Waals surface area contributed by atoms with Gasteiger partial charge < -0.3 is 9.26 Å². The number of aromatic nitrogens is 5. The molecule has 0 N–H and O–H groups in total. The van der Waals surface area contributed by atoms with E-state index in [1.807, 2.05) is 42.2 Å². The Bertz CT molecular complexity index is 815. The van der Waals surface area contributed by atoms with E-state index in [-0.39, 0.29) is 6.10 Å². The van der Waals surface area contributed by atoms with Crippen molar-refractivity contribution < 1.29 is 9.26 Å². The van der Waals surface area contributed by atoms with Gasteiger partial charge >= 0.3 is 0 Å². The molecule has 1 aliphatic rings. The molecule has 0 radical (unpaired) electrons. The second kappa shape index (κ2) is 7.12. The average Bonchev–Trinajstić information content (AvgIpc) is 3.25. The Labute approximate surface area is 145 Å². The van der Waals surface area contributed by atoms with Crippen molar-refractivity contribution in [2.24, 2.45) is 0 Å². The molecule has 0 aliphatic carbocycles. The highest BCUT2D eigenvalue weighted by Gasteiger charge is 2.23. The van der Waals surface area contributed by atoms with E-state index in [2.05, 4.69) is 25.1 Å². The molecule has 0 bridgehead atoms. The van der Waals surface area contributed by atoms with Crippen LogP contribution in [0.5, 0.6) is 0 Å². The number of hydrogen-bond acceptors (Lipinski definition) is 7. The molecule has 8 heteroatoms. The molecular formula is C17H20N6O2. The Kier molecular flexibility index (Phi) is 4.53. The second-order valence-corrected chi connectivity index (χ2v) is 6.19. The van der Waals surface area contributed by atoms with Crippen LogP contribution in [0.15, 0.2) is 41.3 Å². The van der Waals surface area contributed by atoms with Gasteiger partial charge in [0.1, 0.15) is 5.69 Å².